The highest BCUT2D eigenvalue weighted by Crippen LogP contribution is 2.21. The number of carboxylic acids is 1. The highest BCUT2D eigenvalue weighted by Gasteiger charge is 2.13. The third-order valence-corrected chi connectivity index (χ3v) is 3.07. The van der Waals surface area contributed by atoms with Gasteiger partial charge in [0.15, 0.2) is 0 Å². The second-order valence-corrected chi connectivity index (χ2v) is 4.91. The van der Waals surface area contributed by atoms with Crippen LogP contribution in [0.15, 0.2) is 34.9 Å². The van der Waals surface area contributed by atoms with E-state index in [4.69, 9.17) is 9.63 Å². The average molecular weight is 288 g/mol. The summed E-state index contributed by atoms with van der Waals surface area (Å²) in [6, 6.07) is 8.62. The fourth-order valence-corrected chi connectivity index (χ4v) is 1.94. The van der Waals surface area contributed by atoms with E-state index in [2.05, 4.69) is 10.5 Å². The van der Waals surface area contributed by atoms with Gasteiger partial charge in [-0.2, -0.15) is 0 Å². The molecule has 0 aliphatic rings. The number of rotatable bonds is 5. The molecule has 1 aromatic heterocycles. The van der Waals surface area contributed by atoms with Gasteiger partial charge in [0, 0.05) is 11.8 Å². The first kappa shape index (κ1) is 14.8. The zero-order valence-electron chi connectivity index (χ0n) is 11.8. The molecule has 0 radical (unpaired) electrons. The lowest BCUT2D eigenvalue weighted by Crippen LogP contribution is -2.11. The summed E-state index contributed by atoms with van der Waals surface area (Å²) in [5.74, 6) is -1.14. The Morgan fingerprint density at radius 1 is 1.33 bits per heavy atom. The summed E-state index contributed by atoms with van der Waals surface area (Å²) in [5, 5.41) is 15.1. The Morgan fingerprint density at radius 3 is 2.52 bits per heavy atom. The minimum absolute atomic E-state index is 0.0725. The third-order valence-electron chi connectivity index (χ3n) is 3.07. The van der Waals surface area contributed by atoms with Gasteiger partial charge >= 0.3 is 5.97 Å². The van der Waals surface area contributed by atoms with Gasteiger partial charge in [0.25, 0.3) is 5.91 Å². The van der Waals surface area contributed by atoms with Crippen LogP contribution in [0.1, 0.15) is 41.1 Å². The molecule has 21 heavy (non-hydrogen) atoms. The van der Waals surface area contributed by atoms with Crippen molar-refractivity contribution >= 4 is 17.6 Å². The van der Waals surface area contributed by atoms with Crippen molar-refractivity contribution in [2.45, 2.75) is 26.2 Å². The Morgan fingerprint density at radius 2 is 2.00 bits per heavy atom. The van der Waals surface area contributed by atoms with Crippen LogP contribution in [-0.4, -0.2) is 22.1 Å². The third kappa shape index (κ3) is 3.92. The van der Waals surface area contributed by atoms with Crippen molar-refractivity contribution in [3.63, 3.8) is 0 Å². The number of carbonyl (C=O) groups is 2. The Kier molecular flexibility index (Phi) is 4.37. The lowest BCUT2D eigenvalue weighted by atomic mass is 9.98. The summed E-state index contributed by atoms with van der Waals surface area (Å²) in [6.45, 7) is 3.58. The minimum atomic E-state index is -0.833. The zero-order valence-corrected chi connectivity index (χ0v) is 11.8. The van der Waals surface area contributed by atoms with Gasteiger partial charge in [-0.15, -0.1) is 0 Å². The Bertz CT molecular complexity index is 646. The van der Waals surface area contributed by atoms with Crippen molar-refractivity contribution in [3.8, 4) is 0 Å². The van der Waals surface area contributed by atoms with Crippen LogP contribution >= 0.6 is 0 Å². The Balaban J connectivity index is 2.02. The van der Waals surface area contributed by atoms with E-state index in [0.717, 1.165) is 5.56 Å². The van der Waals surface area contributed by atoms with Gasteiger partial charge in [-0.25, -0.2) is 0 Å². The normalized spacial score (nSPS) is 11.9. The van der Waals surface area contributed by atoms with Crippen molar-refractivity contribution in [3.05, 3.63) is 47.3 Å². The largest absolute Gasteiger partial charge is 0.481 e. The molecule has 1 unspecified atom stereocenters. The number of aromatic nitrogens is 1. The molecule has 110 valence electrons. The molecule has 0 fully saturated rings. The number of aryl methyl sites for hydroxylation is 1. The molecule has 2 rings (SSSR count). The molecule has 0 aliphatic heterocycles. The van der Waals surface area contributed by atoms with E-state index in [9.17, 15) is 9.59 Å². The molecule has 2 aromatic rings. The molecule has 2 N–H and O–H groups in total. The van der Waals surface area contributed by atoms with Gasteiger partial charge in [0.05, 0.1) is 12.1 Å². The fourth-order valence-electron chi connectivity index (χ4n) is 1.94. The number of aliphatic carboxylic acids is 1. The van der Waals surface area contributed by atoms with Gasteiger partial charge in [0.1, 0.15) is 0 Å². The standard InChI is InChI=1S/C15H16N2O4/c1-9(7-14(18)19)11-3-5-12(6-4-11)16-15(20)13-8-10(2)17-21-13/h3-6,8-9H,7H2,1-2H3,(H,16,20)(H,18,19). The summed E-state index contributed by atoms with van der Waals surface area (Å²) in [7, 11) is 0. The molecule has 6 nitrogen and oxygen atoms in total. The molecule has 1 aromatic carbocycles. The van der Waals surface area contributed by atoms with Crippen molar-refractivity contribution < 1.29 is 19.2 Å². The number of hydrogen-bond donors (Lipinski definition) is 2. The lowest BCUT2D eigenvalue weighted by molar-refractivity contribution is -0.137. The maximum absolute atomic E-state index is 11.9. The number of carboxylic acid groups (broad SMARTS) is 1. The Labute approximate surface area is 121 Å². The fraction of sp³-hybridized carbons (Fsp3) is 0.267. The maximum atomic E-state index is 11.9. The molecule has 1 amide bonds. The Hall–Kier alpha value is -2.63. The van der Waals surface area contributed by atoms with Crippen molar-refractivity contribution in [2.24, 2.45) is 0 Å². The lowest BCUT2D eigenvalue weighted by Gasteiger charge is -2.10. The molecule has 0 aliphatic carbocycles. The van der Waals surface area contributed by atoms with E-state index in [1.807, 2.05) is 6.92 Å². The maximum Gasteiger partial charge on any atom is 0.303 e. The first-order valence-electron chi connectivity index (χ1n) is 6.52. The first-order chi connectivity index (χ1) is 9.95. The van der Waals surface area contributed by atoms with E-state index >= 15 is 0 Å². The van der Waals surface area contributed by atoms with E-state index in [0.29, 0.717) is 11.4 Å². The number of carbonyl (C=O) groups excluding carboxylic acids is 1. The summed E-state index contributed by atoms with van der Waals surface area (Å²) in [5.41, 5.74) is 2.16. The van der Waals surface area contributed by atoms with E-state index in [1.54, 1.807) is 37.3 Å². The minimum Gasteiger partial charge on any atom is -0.481 e. The SMILES string of the molecule is Cc1cc(C(=O)Nc2ccc(C(C)CC(=O)O)cc2)on1. The molecule has 0 saturated carbocycles. The molecule has 6 heteroatoms. The monoisotopic (exact) mass is 288 g/mol. The summed E-state index contributed by atoms with van der Waals surface area (Å²) >= 11 is 0. The number of nitrogens with one attached hydrogen (secondary N) is 1. The molecule has 1 atom stereocenters. The van der Waals surface area contributed by atoms with Crippen LogP contribution in [0.3, 0.4) is 0 Å². The number of hydrogen-bond acceptors (Lipinski definition) is 4. The summed E-state index contributed by atoms with van der Waals surface area (Å²) < 4.78 is 4.88. The second-order valence-electron chi connectivity index (χ2n) is 4.91. The summed E-state index contributed by atoms with van der Waals surface area (Å²) in [4.78, 5) is 22.6. The smallest absolute Gasteiger partial charge is 0.303 e. The highest BCUT2D eigenvalue weighted by atomic mass is 16.5. The number of benzene rings is 1. The van der Waals surface area contributed by atoms with E-state index < -0.39 is 5.97 Å². The first-order valence-corrected chi connectivity index (χ1v) is 6.52. The molecular formula is C15H16N2O4. The quantitative estimate of drug-likeness (QED) is 0.882. The van der Waals surface area contributed by atoms with E-state index in [1.165, 1.54) is 0 Å². The summed E-state index contributed by atoms with van der Waals surface area (Å²) in [6.07, 6.45) is 0.0725. The molecule has 0 saturated heterocycles. The van der Waals surface area contributed by atoms with Gasteiger partial charge in [-0.3, -0.25) is 9.59 Å². The van der Waals surface area contributed by atoms with Crippen LogP contribution in [0, 0.1) is 6.92 Å². The van der Waals surface area contributed by atoms with Crippen LogP contribution < -0.4 is 5.32 Å². The van der Waals surface area contributed by atoms with Gasteiger partial charge in [0.2, 0.25) is 5.76 Å². The predicted octanol–water partition coefficient (Wildman–Crippen LogP) is 2.81. The van der Waals surface area contributed by atoms with Crippen molar-refractivity contribution in [1.29, 1.82) is 0 Å². The van der Waals surface area contributed by atoms with Crippen LogP contribution in [0.2, 0.25) is 0 Å². The molecular weight excluding hydrogens is 272 g/mol. The second kappa shape index (κ2) is 6.21. The number of anilines is 1. The van der Waals surface area contributed by atoms with Gasteiger partial charge < -0.3 is 14.9 Å². The molecule has 1 heterocycles. The average Bonchev–Trinajstić information content (AvgIpc) is 2.85. The van der Waals surface area contributed by atoms with Crippen LogP contribution in [0.25, 0.3) is 0 Å². The molecule has 0 spiro atoms. The van der Waals surface area contributed by atoms with Crippen LogP contribution in [0.4, 0.5) is 5.69 Å². The van der Waals surface area contributed by atoms with Crippen molar-refractivity contribution in [2.75, 3.05) is 5.32 Å². The van der Waals surface area contributed by atoms with Crippen LogP contribution in [0.5, 0.6) is 0 Å². The highest BCUT2D eigenvalue weighted by molar-refractivity contribution is 6.02. The number of amides is 1. The van der Waals surface area contributed by atoms with Gasteiger partial charge in [-0.05, 0) is 30.5 Å². The predicted molar refractivity (Wildman–Crippen MR) is 76.3 cm³/mol. The topological polar surface area (TPSA) is 92.4 Å². The van der Waals surface area contributed by atoms with Crippen LogP contribution in [-0.2, 0) is 4.79 Å². The van der Waals surface area contributed by atoms with Gasteiger partial charge in [-0.1, -0.05) is 24.2 Å². The van der Waals surface area contributed by atoms with E-state index in [-0.39, 0.29) is 24.0 Å². The molecule has 0 bridgehead atoms. The zero-order chi connectivity index (χ0) is 15.4. The number of nitrogens with zero attached hydrogens (tertiary/aromatic N) is 1. The van der Waals surface area contributed by atoms with Crippen molar-refractivity contribution in [1.82, 2.24) is 5.16 Å².